The van der Waals surface area contributed by atoms with E-state index in [1.54, 1.807) is 18.2 Å². The Hall–Kier alpha value is -3.18. The van der Waals surface area contributed by atoms with Gasteiger partial charge < -0.3 is 20.3 Å². The molecular formula is C18H16N2O7S2. The standard InChI is InChI=1S/C18H16N2O7S2/c1-9(21)11(16(25)19-7-14(22)23)8-20-17(26)13(29-18(20)28)6-10-4-3-5-12(27-2)15(10)24/h3-6,8,24H,7H2,1-2H3,(H,19,25)(H,22,23)/b11-8-,13-6+. The molecule has 0 atom stereocenters. The first kappa shape index (κ1) is 22.1. The Morgan fingerprint density at radius 3 is 2.62 bits per heavy atom. The molecule has 1 fully saturated rings. The van der Waals surface area contributed by atoms with Crippen molar-refractivity contribution in [2.75, 3.05) is 13.7 Å². The van der Waals surface area contributed by atoms with Gasteiger partial charge in [0, 0.05) is 11.8 Å². The molecule has 1 aliphatic rings. The molecule has 2 amide bonds. The number of nitrogens with one attached hydrogen (secondary N) is 1. The van der Waals surface area contributed by atoms with Crippen LogP contribution in [-0.4, -0.2) is 56.7 Å². The van der Waals surface area contributed by atoms with Gasteiger partial charge in [-0.25, -0.2) is 0 Å². The quantitative estimate of drug-likeness (QED) is 0.250. The van der Waals surface area contributed by atoms with Gasteiger partial charge in [0.25, 0.3) is 11.8 Å². The second kappa shape index (κ2) is 9.34. The molecule has 1 aromatic carbocycles. The molecule has 1 aromatic rings. The number of phenols is 1. The number of hydrogen-bond acceptors (Lipinski definition) is 8. The zero-order valence-corrected chi connectivity index (χ0v) is 16.9. The molecule has 152 valence electrons. The third kappa shape index (κ3) is 5.21. The number of thioether (sulfide) groups is 1. The van der Waals surface area contributed by atoms with Crippen LogP contribution in [0, 0.1) is 0 Å². The fraction of sp³-hybridized carbons (Fsp3) is 0.167. The van der Waals surface area contributed by atoms with Crippen molar-refractivity contribution < 1.29 is 34.1 Å². The van der Waals surface area contributed by atoms with Crippen LogP contribution in [0.4, 0.5) is 0 Å². The first-order valence-corrected chi connectivity index (χ1v) is 9.24. The van der Waals surface area contributed by atoms with E-state index in [0.717, 1.165) is 29.8 Å². The summed E-state index contributed by atoms with van der Waals surface area (Å²) in [6.45, 7) is 0.421. The summed E-state index contributed by atoms with van der Waals surface area (Å²) in [5.41, 5.74) is -0.104. The Balaban J connectivity index is 2.34. The van der Waals surface area contributed by atoms with Gasteiger partial charge in [0.15, 0.2) is 21.6 Å². The van der Waals surface area contributed by atoms with Crippen LogP contribution >= 0.6 is 24.0 Å². The van der Waals surface area contributed by atoms with Crippen molar-refractivity contribution in [2.24, 2.45) is 0 Å². The van der Waals surface area contributed by atoms with Crippen molar-refractivity contribution in [3.8, 4) is 11.5 Å². The number of methoxy groups -OCH3 is 1. The van der Waals surface area contributed by atoms with E-state index in [-0.39, 0.29) is 20.7 Å². The average molecular weight is 436 g/mol. The number of Topliss-reactive ketones (excluding diaryl/α,β-unsaturated/α-hetero) is 1. The number of carboxylic acids is 1. The Morgan fingerprint density at radius 2 is 2.03 bits per heavy atom. The maximum atomic E-state index is 12.7. The highest BCUT2D eigenvalue weighted by atomic mass is 32.2. The number of aromatic hydroxyl groups is 1. The summed E-state index contributed by atoms with van der Waals surface area (Å²) in [6.07, 6.45) is 2.38. The fourth-order valence-electron chi connectivity index (χ4n) is 2.24. The third-order valence-corrected chi connectivity index (χ3v) is 4.97. The van der Waals surface area contributed by atoms with Gasteiger partial charge in [-0.15, -0.1) is 0 Å². The van der Waals surface area contributed by atoms with Crippen LogP contribution in [0.3, 0.4) is 0 Å². The van der Waals surface area contributed by atoms with Crippen LogP contribution in [0.25, 0.3) is 6.08 Å². The molecule has 3 N–H and O–H groups in total. The number of carbonyl (C=O) groups is 4. The van der Waals surface area contributed by atoms with Gasteiger partial charge in [-0.05, 0) is 19.1 Å². The number of ketones is 1. The number of carbonyl (C=O) groups excluding carboxylic acids is 3. The zero-order chi connectivity index (χ0) is 21.7. The molecule has 1 aliphatic heterocycles. The molecule has 0 radical (unpaired) electrons. The van der Waals surface area contributed by atoms with Gasteiger partial charge in [-0.2, -0.15) is 0 Å². The minimum absolute atomic E-state index is 0.0634. The topological polar surface area (TPSA) is 133 Å². The summed E-state index contributed by atoms with van der Waals surface area (Å²) in [5.74, 6) is -3.43. The van der Waals surface area contributed by atoms with Gasteiger partial charge in [0.1, 0.15) is 6.54 Å². The first-order valence-electron chi connectivity index (χ1n) is 8.01. The van der Waals surface area contributed by atoms with E-state index in [1.165, 1.54) is 13.2 Å². The predicted octanol–water partition coefficient (Wildman–Crippen LogP) is 1.28. The molecule has 0 saturated carbocycles. The number of hydrogen-bond donors (Lipinski definition) is 3. The maximum Gasteiger partial charge on any atom is 0.322 e. The van der Waals surface area contributed by atoms with Crippen LogP contribution in [0.5, 0.6) is 11.5 Å². The molecule has 9 nitrogen and oxygen atoms in total. The van der Waals surface area contributed by atoms with Gasteiger partial charge >= 0.3 is 5.97 Å². The van der Waals surface area contributed by atoms with Crippen molar-refractivity contribution in [3.05, 3.63) is 40.4 Å². The smallest absolute Gasteiger partial charge is 0.322 e. The molecule has 1 saturated heterocycles. The number of thiocarbonyl (C=S) groups is 1. The van der Waals surface area contributed by atoms with E-state index in [2.05, 4.69) is 5.32 Å². The monoisotopic (exact) mass is 436 g/mol. The number of aliphatic carboxylic acids is 1. The molecule has 0 unspecified atom stereocenters. The summed E-state index contributed by atoms with van der Waals surface area (Å²) in [4.78, 5) is 48.2. The minimum Gasteiger partial charge on any atom is -0.504 e. The number of amides is 2. The van der Waals surface area contributed by atoms with E-state index in [1.807, 2.05) is 0 Å². The molecular weight excluding hydrogens is 420 g/mol. The van der Waals surface area contributed by atoms with Crippen molar-refractivity contribution >= 4 is 57.9 Å². The molecule has 0 aliphatic carbocycles. The van der Waals surface area contributed by atoms with Crippen LogP contribution in [-0.2, 0) is 19.2 Å². The number of rotatable bonds is 7. The molecule has 29 heavy (non-hydrogen) atoms. The zero-order valence-electron chi connectivity index (χ0n) is 15.3. The molecule has 11 heteroatoms. The highest BCUT2D eigenvalue weighted by Crippen LogP contribution is 2.37. The SMILES string of the molecule is COc1cccc(/C=C2/SC(=S)N(/C=C(/C(C)=O)C(=O)NCC(=O)O)C2=O)c1O. The Bertz CT molecular complexity index is 969. The fourth-order valence-corrected chi connectivity index (χ4v) is 3.44. The predicted molar refractivity (Wildman–Crippen MR) is 109 cm³/mol. The maximum absolute atomic E-state index is 12.7. The largest absolute Gasteiger partial charge is 0.504 e. The summed E-state index contributed by atoms with van der Waals surface area (Å²) in [6, 6.07) is 4.75. The van der Waals surface area contributed by atoms with Crippen LogP contribution in [0.2, 0.25) is 0 Å². The number of carboxylic acid groups (broad SMARTS) is 1. The Morgan fingerprint density at radius 1 is 1.34 bits per heavy atom. The van der Waals surface area contributed by atoms with E-state index in [4.69, 9.17) is 22.1 Å². The van der Waals surface area contributed by atoms with Crippen LogP contribution < -0.4 is 10.1 Å². The first-order chi connectivity index (χ1) is 13.6. The Kier molecular flexibility index (Phi) is 7.13. The molecule has 2 rings (SSSR count). The van der Waals surface area contributed by atoms with E-state index in [9.17, 15) is 24.3 Å². The van der Waals surface area contributed by atoms with Crippen molar-refractivity contribution in [1.29, 1.82) is 0 Å². The summed E-state index contributed by atoms with van der Waals surface area (Å²) >= 11 is 6.07. The number of phenolic OH excluding ortho intramolecular Hbond substituents is 1. The highest BCUT2D eigenvalue weighted by Gasteiger charge is 2.32. The lowest BCUT2D eigenvalue weighted by atomic mass is 10.1. The van der Waals surface area contributed by atoms with Crippen LogP contribution in [0.15, 0.2) is 34.9 Å². The molecule has 0 aromatic heterocycles. The lowest BCUT2D eigenvalue weighted by Crippen LogP contribution is -2.34. The normalized spacial score (nSPS) is 15.6. The van der Waals surface area contributed by atoms with Gasteiger partial charge in [0.2, 0.25) is 0 Å². The lowest BCUT2D eigenvalue weighted by Gasteiger charge is -2.11. The third-order valence-electron chi connectivity index (χ3n) is 3.64. The average Bonchev–Trinajstić information content (AvgIpc) is 2.92. The number of nitrogens with zero attached hydrogens (tertiary/aromatic N) is 1. The van der Waals surface area contributed by atoms with Crippen LogP contribution in [0.1, 0.15) is 12.5 Å². The van der Waals surface area contributed by atoms with Gasteiger partial charge in [0.05, 0.1) is 17.6 Å². The Labute approximate surface area is 175 Å². The second-order valence-electron chi connectivity index (χ2n) is 5.63. The van der Waals surface area contributed by atoms with Gasteiger partial charge in [-0.1, -0.05) is 36.1 Å². The molecule has 0 bridgehead atoms. The minimum atomic E-state index is -1.28. The van der Waals surface area contributed by atoms with Crippen molar-refractivity contribution in [3.63, 3.8) is 0 Å². The molecule has 1 heterocycles. The summed E-state index contributed by atoms with van der Waals surface area (Å²) < 4.78 is 5.09. The summed E-state index contributed by atoms with van der Waals surface area (Å²) in [7, 11) is 1.39. The number of benzene rings is 1. The van der Waals surface area contributed by atoms with Crippen molar-refractivity contribution in [2.45, 2.75) is 6.92 Å². The van der Waals surface area contributed by atoms with E-state index in [0.29, 0.717) is 5.56 Å². The highest BCUT2D eigenvalue weighted by molar-refractivity contribution is 8.26. The number of para-hydroxylation sites is 1. The number of ether oxygens (including phenoxy) is 1. The van der Waals surface area contributed by atoms with Crippen molar-refractivity contribution in [1.82, 2.24) is 10.2 Å². The lowest BCUT2D eigenvalue weighted by molar-refractivity contribution is -0.137. The molecule has 0 spiro atoms. The van der Waals surface area contributed by atoms with Gasteiger partial charge in [-0.3, -0.25) is 24.1 Å². The van der Waals surface area contributed by atoms with E-state index < -0.39 is 35.7 Å². The summed E-state index contributed by atoms with van der Waals surface area (Å²) in [5, 5.41) is 20.9. The van der Waals surface area contributed by atoms with E-state index >= 15 is 0 Å². The second-order valence-corrected chi connectivity index (χ2v) is 7.30.